The number of aliphatic hydroxyl groups is 1. The van der Waals surface area contributed by atoms with Crippen LogP contribution in [0.25, 0.3) is 11.1 Å². The van der Waals surface area contributed by atoms with Crippen LogP contribution in [0.2, 0.25) is 0 Å². The molecule has 0 saturated heterocycles. The van der Waals surface area contributed by atoms with E-state index in [1.165, 1.54) is 0 Å². The number of aliphatic hydroxyl groups excluding tert-OH is 1. The van der Waals surface area contributed by atoms with Crippen LogP contribution in [0.15, 0.2) is 24.7 Å². The Kier molecular flexibility index (Phi) is 2.59. The summed E-state index contributed by atoms with van der Waals surface area (Å²) in [4.78, 5) is 3.99. The van der Waals surface area contributed by atoms with Crippen molar-refractivity contribution in [3.8, 4) is 11.1 Å². The van der Waals surface area contributed by atoms with Crippen LogP contribution in [-0.2, 0) is 7.05 Å². The molecule has 0 aliphatic heterocycles. The highest BCUT2D eigenvalue weighted by molar-refractivity contribution is 5.64. The molecule has 0 radical (unpaired) electrons. The standard InChI is InChI=1S/C10H13N5O/c1-15-5-7(4-14-15)6-2-8(10(12)16)9(11)13-3-6/h2-5,10,16H,12H2,1H3,(H2,11,13). The first-order valence-electron chi connectivity index (χ1n) is 4.76. The first kappa shape index (κ1) is 10.6. The zero-order valence-corrected chi connectivity index (χ0v) is 8.83. The highest BCUT2D eigenvalue weighted by Gasteiger charge is 2.10. The van der Waals surface area contributed by atoms with Crippen LogP contribution in [0, 0.1) is 0 Å². The molecule has 2 aromatic rings. The van der Waals surface area contributed by atoms with E-state index in [1.54, 1.807) is 23.1 Å². The number of pyridine rings is 1. The Hall–Kier alpha value is -1.92. The van der Waals surface area contributed by atoms with Crippen molar-refractivity contribution in [2.24, 2.45) is 12.8 Å². The molecule has 0 spiro atoms. The fourth-order valence-corrected chi connectivity index (χ4v) is 1.46. The van der Waals surface area contributed by atoms with Gasteiger partial charge in [0, 0.05) is 36.1 Å². The zero-order valence-electron chi connectivity index (χ0n) is 8.83. The zero-order chi connectivity index (χ0) is 11.7. The van der Waals surface area contributed by atoms with E-state index < -0.39 is 6.23 Å². The summed E-state index contributed by atoms with van der Waals surface area (Å²) in [5.74, 6) is 0.239. The Morgan fingerprint density at radius 2 is 2.12 bits per heavy atom. The molecule has 16 heavy (non-hydrogen) atoms. The molecule has 0 fully saturated rings. The predicted octanol–water partition coefficient (Wildman–Crippen LogP) is 0.0139. The summed E-state index contributed by atoms with van der Waals surface area (Å²) in [5.41, 5.74) is 13.1. The summed E-state index contributed by atoms with van der Waals surface area (Å²) < 4.78 is 1.68. The van der Waals surface area contributed by atoms with Gasteiger partial charge in [0.25, 0.3) is 0 Å². The van der Waals surface area contributed by atoms with E-state index in [9.17, 15) is 5.11 Å². The first-order chi connectivity index (χ1) is 7.58. The van der Waals surface area contributed by atoms with Crippen molar-refractivity contribution in [3.05, 3.63) is 30.2 Å². The van der Waals surface area contributed by atoms with Crippen LogP contribution in [0.5, 0.6) is 0 Å². The molecule has 2 rings (SSSR count). The van der Waals surface area contributed by atoms with Crippen LogP contribution in [0.4, 0.5) is 5.82 Å². The second-order valence-corrected chi connectivity index (χ2v) is 3.55. The summed E-state index contributed by atoms with van der Waals surface area (Å²) in [7, 11) is 1.83. The van der Waals surface area contributed by atoms with E-state index in [0.717, 1.165) is 11.1 Å². The number of nitrogen functional groups attached to an aromatic ring is 1. The maximum atomic E-state index is 9.32. The van der Waals surface area contributed by atoms with Crippen molar-refractivity contribution in [2.75, 3.05) is 5.73 Å². The summed E-state index contributed by atoms with van der Waals surface area (Å²) in [6.45, 7) is 0. The summed E-state index contributed by atoms with van der Waals surface area (Å²) in [5, 5.41) is 13.4. The van der Waals surface area contributed by atoms with Crippen molar-refractivity contribution in [3.63, 3.8) is 0 Å². The first-order valence-corrected chi connectivity index (χ1v) is 4.76. The van der Waals surface area contributed by atoms with Crippen LogP contribution in [0.1, 0.15) is 11.8 Å². The number of aryl methyl sites for hydroxylation is 1. The highest BCUT2D eigenvalue weighted by Crippen LogP contribution is 2.23. The van der Waals surface area contributed by atoms with Gasteiger partial charge in [0.05, 0.1) is 6.20 Å². The fraction of sp³-hybridized carbons (Fsp3) is 0.200. The Labute approximate surface area is 92.5 Å². The van der Waals surface area contributed by atoms with Gasteiger partial charge in [-0.1, -0.05) is 0 Å². The van der Waals surface area contributed by atoms with Gasteiger partial charge in [0.15, 0.2) is 0 Å². The molecule has 2 aromatic heterocycles. The number of aromatic nitrogens is 3. The monoisotopic (exact) mass is 219 g/mol. The Morgan fingerprint density at radius 1 is 1.38 bits per heavy atom. The Morgan fingerprint density at radius 3 is 2.69 bits per heavy atom. The van der Waals surface area contributed by atoms with Crippen LogP contribution in [-0.4, -0.2) is 19.9 Å². The number of hydrogen-bond donors (Lipinski definition) is 3. The lowest BCUT2D eigenvalue weighted by atomic mass is 10.1. The van der Waals surface area contributed by atoms with Crippen molar-refractivity contribution >= 4 is 5.82 Å². The van der Waals surface area contributed by atoms with E-state index in [2.05, 4.69) is 10.1 Å². The minimum absolute atomic E-state index is 0.239. The molecule has 0 bridgehead atoms. The van der Waals surface area contributed by atoms with Gasteiger partial charge in [0.1, 0.15) is 12.0 Å². The third-order valence-electron chi connectivity index (χ3n) is 2.31. The topological polar surface area (TPSA) is 103 Å². The number of hydrogen-bond acceptors (Lipinski definition) is 5. The van der Waals surface area contributed by atoms with E-state index in [4.69, 9.17) is 11.5 Å². The molecular weight excluding hydrogens is 206 g/mol. The average Bonchev–Trinajstić information content (AvgIpc) is 2.65. The maximum Gasteiger partial charge on any atom is 0.132 e. The predicted molar refractivity (Wildman–Crippen MR) is 60.0 cm³/mol. The molecule has 84 valence electrons. The molecule has 0 aliphatic carbocycles. The lowest BCUT2D eigenvalue weighted by Gasteiger charge is -2.08. The second kappa shape index (κ2) is 3.92. The van der Waals surface area contributed by atoms with Gasteiger partial charge in [-0.2, -0.15) is 5.10 Å². The van der Waals surface area contributed by atoms with Gasteiger partial charge >= 0.3 is 0 Å². The van der Waals surface area contributed by atoms with E-state index in [1.807, 2.05) is 13.2 Å². The summed E-state index contributed by atoms with van der Waals surface area (Å²) in [6.07, 6.45) is 4.06. The summed E-state index contributed by atoms with van der Waals surface area (Å²) in [6, 6.07) is 1.71. The molecule has 0 aliphatic rings. The van der Waals surface area contributed by atoms with Crippen LogP contribution in [0.3, 0.4) is 0 Å². The van der Waals surface area contributed by atoms with Gasteiger partial charge < -0.3 is 16.6 Å². The SMILES string of the molecule is Cn1cc(-c2cnc(N)c(C(N)O)c2)cn1. The van der Waals surface area contributed by atoms with E-state index >= 15 is 0 Å². The maximum absolute atomic E-state index is 9.32. The van der Waals surface area contributed by atoms with Gasteiger partial charge in [-0.15, -0.1) is 0 Å². The molecule has 6 heteroatoms. The van der Waals surface area contributed by atoms with Crippen molar-refractivity contribution < 1.29 is 5.11 Å². The lowest BCUT2D eigenvalue weighted by molar-refractivity contribution is 0.187. The Balaban J connectivity index is 2.47. The van der Waals surface area contributed by atoms with Gasteiger partial charge in [-0.05, 0) is 6.07 Å². The molecule has 1 unspecified atom stereocenters. The normalized spacial score (nSPS) is 12.7. The molecule has 0 aromatic carbocycles. The minimum Gasteiger partial charge on any atom is -0.383 e. The molecular formula is C10H13N5O. The number of nitrogens with zero attached hydrogens (tertiary/aromatic N) is 3. The quantitative estimate of drug-likeness (QED) is 0.617. The van der Waals surface area contributed by atoms with Crippen LogP contribution < -0.4 is 11.5 Å². The molecule has 1 atom stereocenters. The average molecular weight is 219 g/mol. The molecule has 6 nitrogen and oxygen atoms in total. The number of anilines is 1. The highest BCUT2D eigenvalue weighted by atomic mass is 16.3. The number of nitrogens with two attached hydrogens (primary N) is 2. The molecule has 0 amide bonds. The van der Waals surface area contributed by atoms with Crippen molar-refractivity contribution in [1.82, 2.24) is 14.8 Å². The largest absolute Gasteiger partial charge is 0.383 e. The van der Waals surface area contributed by atoms with E-state index in [0.29, 0.717) is 5.56 Å². The molecule has 2 heterocycles. The minimum atomic E-state index is -1.12. The van der Waals surface area contributed by atoms with Crippen molar-refractivity contribution in [2.45, 2.75) is 6.23 Å². The third-order valence-corrected chi connectivity index (χ3v) is 2.31. The molecule has 0 saturated carbocycles. The van der Waals surface area contributed by atoms with Gasteiger partial charge in [-0.25, -0.2) is 4.98 Å². The van der Waals surface area contributed by atoms with E-state index in [-0.39, 0.29) is 5.82 Å². The van der Waals surface area contributed by atoms with Gasteiger partial charge in [0.2, 0.25) is 0 Å². The summed E-state index contributed by atoms with van der Waals surface area (Å²) >= 11 is 0. The van der Waals surface area contributed by atoms with Crippen molar-refractivity contribution in [1.29, 1.82) is 0 Å². The number of rotatable bonds is 2. The molecule has 5 N–H and O–H groups in total. The Bertz CT molecular complexity index is 506. The fourth-order valence-electron chi connectivity index (χ4n) is 1.46. The van der Waals surface area contributed by atoms with Gasteiger partial charge in [-0.3, -0.25) is 4.68 Å². The second-order valence-electron chi connectivity index (χ2n) is 3.55. The smallest absolute Gasteiger partial charge is 0.132 e. The lowest BCUT2D eigenvalue weighted by Crippen LogP contribution is -2.12. The third kappa shape index (κ3) is 1.88. The van der Waals surface area contributed by atoms with Crippen LogP contribution >= 0.6 is 0 Å².